The summed E-state index contributed by atoms with van der Waals surface area (Å²) in [6.45, 7) is 8.26. The molecular weight excluding hydrogens is 212 g/mol. The Hall–Kier alpha value is -1.18. The molecule has 0 bridgehead atoms. The normalized spacial score (nSPS) is 37.1. The molecular formula is C15H20O2. The number of carbonyl (C=O) groups is 2. The summed E-state index contributed by atoms with van der Waals surface area (Å²) in [5, 5.41) is 0. The summed E-state index contributed by atoms with van der Waals surface area (Å²) in [5.41, 5.74) is 0.876. The first-order chi connectivity index (χ1) is 7.86. The molecule has 2 rings (SSSR count). The molecule has 0 amide bonds. The molecule has 3 atom stereocenters. The van der Waals surface area contributed by atoms with Gasteiger partial charge in [0.15, 0.2) is 11.6 Å². The van der Waals surface area contributed by atoms with Crippen LogP contribution in [0.4, 0.5) is 0 Å². The van der Waals surface area contributed by atoms with Crippen LogP contribution in [0.15, 0.2) is 23.8 Å². The number of hydrogen-bond donors (Lipinski definition) is 0. The Morgan fingerprint density at radius 2 is 1.88 bits per heavy atom. The second kappa shape index (κ2) is 3.94. The van der Waals surface area contributed by atoms with Gasteiger partial charge < -0.3 is 0 Å². The van der Waals surface area contributed by atoms with Crippen LogP contribution < -0.4 is 0 Å². The molecule has 0 aliphatic heterocycles. The van der Waals surface area contributed by atoms with Crippen molar-refractivity contribution in [1.29, 1.82) is 0 Å². The van der Waals surface area contributed by atoms with Gasteiger partial charge in [-0.05, 0) is 30.1 Å². The average Bonchev–Trinajstić information content (AvgIpc) is 2.26. The van der Waals surface area contributed by atoms with Gasteiger partial charge in [0.05, 0.1) is 0 Å². The summed E-state index contributed by atoms with van der Waals surface area (Å²) >= 11 is 0. The van der Waals surface area contributed by atoms with Crippen molar-refractivity contribution in [3.8, 4) is 0 Å². The topological polar surface area (TPSA) is 34.1 Å². The van der Waals surface area contributed by atoms with E-state index in [2.05, 4.69) is 20.8 Å². The summed E-state index contributed by atoms with van der Waals surface area (Å²) in [5.74, 6) is 0.782. The number of fused-ring (bicyclic) bond motifs is 1. The van der Waals surface area contributed by atoms with E-state index in [1.165, 1.54) is 0 Å². The van der Waals surface area contributed by atoms with Crippen molar-refractivity contribution in [3.05, 3.63) is 23.8 Å². The molecule has 2 nitrogen and oxygen atoms in total. The Morgan fingerprint density at radius 1 is 1.24 bits per heavy atom. The smallest absolute Gasteiger partial charge is 0.159 e. The monoisotopic (exact) mass is 232 g/mol. The van der Waals surface area contributed by atoms with Crippen LogP contribution in [-0.2, 0) is 9.59 Å². The van der Waals surface area contributed by atoms with E-state index in [-0.39, 0.29) is 28.8 Å². The third-order valence-corrected chi connectivity index (χ3v) is 4.58. The third-order valence-electron chi connectivity index (χ3n) is 4.58. The SMILES string of the molecule is CC(C)C1CC2(C)C(=CC1=O)C=CC(=O)C2C. The minimum atomic E-state index is -0.158. The van der Waals surface area contributed by atoms with Crippen molar-refractivity contribution >= 4 is 11.6 Å². The molecule has 0 aromatic carbocycles. The van der Waals surface area contributed by atoms with E-state index in [9.17, 15) is 9.59 Å². The number of ketones is 2. The highest BCUT2D eigenvalue weighted by atomic mass is 16.1. The summed E-state index contributed by atoms with van der Waals surface area (Å²) in [4.78, 5) is 23.8. The fraction of sp³-hybridized carbons (Fsp3) is 0.600. The van der Waals surface area contributed by atoms with Gasteiger partial charge in [-0.15, -0.1) is 0 Å². The number of hydrogen-bond acceptors (Lipinski definition) is 2. The standard InChI is InChI=1S/C15H20O2/c1-9(2)12-8-15(4)10(3)13(16)6-5-11(15)7-14(12)17/h5-7,9-10,12H,8H2,1-4H3. The minimum Gasteiger partial charge on any atom is -0.295 e. The summed E-state index contributed by atoms with van der Waals surface area (Å²) in [6, 6.07) is 0. The van der Waals surface area contributed by atoms with Crippen molar-refractivity contribution < 1.29 is 9.59 Å². The maximum absolute atomic E-state index is 12.0. The summed E-state index contributed by atoms with van der Waals surface area (Å²) in [7, 11) is 0. The van der Waals surface area contributed by atoms with E-state index < -0.39 is 0 Å². The molecule has 0 saturated carbocycles. The quantitative estimate of drug-likeness (QED) is 0.696. The molecule has 0 radical (unpaired) electrons. The Morgan fingerprint density at radius 3 is 2.47 bits per heavy atom. The average molecular weight is 232 g/mol. The van der Waals surface area contributed by atoms with Crippen LogP contribution in [0, 0.1) is 23.2 Å². The van der Waals surface area contributed by atoms with Gasteiger partial charge in [-0.3, -0.25) is 9.59 Å². The van der Waals surface area contributed by atoms with Gasteiger partial charge in [-0.1, -0.05) is 33.8 Å². The molecule has 0 aromatic heterocycles. The van der Waals surface area contributed by atoms with Gasteiger partial charge in [0.2, 0.25) is 0 Å². The van der Waals surface area contributed by atoms with Crippen LogP contribution in [-0.4, -0.2) is 11.6 Å². The van der Waals surface area contributed by atoms with E-state index in [4.69, 9.17) is 0 Å². The van der Waals surface area contributed by atoms with E-state index in [0.717, 1.165) is 12.0 Å². The largest absolute Gasteiger partial charge is 0.295 e. The lowest BCUT2D eigenvalue weighted by Gasteiger charge is -2.44. The third kappa shape index (κ3) is 1.80. The Labute approximate surface area is 103 Å². The first-order valence-electron chi connectivity index (χ1n) is 6.34. The fourth-order valence-electron chi connectivity index (χ4n) is 2.96. The van der Waals surface area contributed by atoms with Crippen molar-refractivity contribution in [2.24, 2.45) is 23.2 Å². The lowest BCUT2D eigenvalue weighted by atomic mass is 9.58. The number of rotatable bonds is 1. The minimum absolute atomic E-state index is 0.0203. The zero-order chi connectivity index (χ0) is 12.8. The van der Waals surface area contributed by atoms with Crippen molar-refractivity contribution in [2.75, 3.05) is 0 Å². The predicted octanol–water partition coefficient (Wildman–Crippen LogP) is 2.94. The van der Waals surface area contributed by atoms with Crippen LogP contribution in [0.2, 0.25) is 0 Å². The first-order valence-corrected chi connectivity index (χ1v) is 6.34. The van der Waals surface area contributed by atoms with E-state index in [1.54, 1.807) is 12.2 Å². The molecule has 2 heteroatoms. The maximum Gasteiger partial charge on any atom is 0.159 e. The highest BCUT2D eigenvalue weighted by Crippen LogP contribution is 2.49. The Kier molecular flexibility index (Phi) is 2.84. The van der Waals surface area contributed by atoms with E-state index >= 15 is 0 Å². The van der Waals surface area contributed by atoms with Crippen LogP contribution in [0.25, 0.3) is 0 Å². The van der Waals surface area contributed by atoms with Crippen molar-refractivity contribution in [3.63, 3.8) is 0 Å². The molecule has 0 heterocycles. The highest BCUT2D eigenvalue weighted by Gasteiger charge is 2.45. The van der Waals surface area contributed by atoms with Crippen molar-refractivity contribution in [2.45, 2.75) is 34.1 Å². The van der Waals surface area contributed by atoms with Gasteiger partial charge in [0.25, 0.3) is 0 Å². The first kappa shape index (κ1) is 12.3. The number of carbonyl (C=O) groups excluding carboxylic acids is 2. The van der Waals surface area contributed by atoms with E-state index in [0.29, 0.717) is 5.92 Å². The van der Waals surface area contributed by atoms with Gasteiger partial charge in [-0.2, -0.15) is 0 Å². The molecule has 2 aliphatic rings. The maximum atomic E-state index is 12.0. The van der Waals surface area contributed by atoms with Crippen LogP contribution in [0.1, 0.15) is 34.1 Å². The molecule has 0 spiro atoms. The fourth-order valence-corrected chi connectivity index (χ4v) is 2.96. The van der Waals surface area contributed by atoms with Gasteiger partial charge >= 0.3 is 0 Å². The van der Waals surface area contributed by atoms with E-state index in [1.807, 2.05) is 13.0 Å². The lowest BCUT2D eigenvalue weighted by Crippen LogP contribution is -2.42. The molecule has 3 unspecified atom stereocenters. The summed E-state index contributed by atoms with van der Waals surface area (Å²) in [6.07, 6.45) is 6.00. The summed E-state index contributed by atoms with van der Waals surface area (Å²) < 4.78 is 0. The number of allylic oxidation sites excluding steroid dienone is 4. The van der Waals surface area contributed by atoms with Crippen LogP contribution in [0.3, 0.4) is 0 Å². The zero-order valence-electron chi connectivity index (χ0n) is 11.0. The molecule has 0 saturated heterocycles. The van der Waals surface area contributed by atoms with Crippen molar-refractivity contribution in [1.82, 2.24) is 0 Å². The molecule has 92 valence electrons. The highest BCUT2D eigenvalue weighted by molar-refractivity contribution is 5.99. The van der Waals surface area contributed by atoms with Gasteiger partial charge in [-0.25, -0.2) is 0 Å². The molecule has 0 fully saturated rings. The second-order valence-electron chi connectivity index (χ2n) is 5.93. The van der Waals surface area contributed by atoms with Gasteiger partial charge in [0, 0.05) is 17.3 Å². The second-order valence-corrected chi connectivity index (χ2v) is 5.93. The zero-order valence-corrected chi connectivity index (χ0v) is 11.0. The predicted molar refractivity (Wildman–Crippen MR) is 67.5 cm³/mol. The molecule has 2 aliphatic carbocycles. The van der Waals surface area contributed by atoms with Gasteiger partial charge in [0.1, 0.15) is 0 Å². The Bertz CT molecular complexity index is 428. The molecule has 17 heavy (non-hydrogen) atoms. The lowest BCUT2D eigenvalue weighted by molar-refractivity contribution is -0.126. The Balaban J connectivity index is 2.46. The molecule has 0 aromatic rings. The van der Waals surface area contributed by atoms with Crippen LogP contribution in [0.5, 0.6) is 0 Å². The van der Waals surface area contributed by atoms with Crippen LogP contribution >= 0.6 is 0 Å². The molecule has 0 N–H and O–H groups in total.